The van der Waals surface area contributed by atoms with Crippen molar-refractivity contribution in [3.8, 4) is 0 Å². The van der Waals surface area contributed by atoms with Gasteiger partial charge in [0, 0.05) is 13.2 Å². The van der Waals surface area contributed by atoms with Gasteiger partial charge in [0.1, 0.15) is 0 Å². The first-order valence-corrected chi connectivity index (χ1v) is 5.28. The van der Waals surface area contributed by atoms with E-state index in [1.54, 1.807) is 0 Å². The summed E-state index contributed by atoms with van der Waals surface area (Å²) in [6.45, 7) is 4.50. The summed E-state index contributed by atoms with van der Waals surface area (Å²) in [5.41, 5.74) is 0. The second-order valence-corrected chi connectivity index (χ2v) is 1.87. The van der Waals surface area contributed by atoms with Gasteiger partial charge < -0.3 is 10.2 Å². The zero-order valence-electron chi connectivity index (χ0n) is 6.98. The van der Waals surface area contributed by atoms with Gasteiger partial charge in [-0.25, -0.2) is 0 Å². The summed E-state index contributed by atoms with van der Waals surface area (Å²) in [6.07, 6.45) is 1.75. The summed E-state index contributed by atoms with van der Waals surface area (Å²) in [5, 5.41) is 15.8. The van der Waals surface area contributed by atoms with E-state index in [1.165, 1.54) is 0 Å². The third-order valence-electron chi connectivity index (χ3n) is 0.447. The Morgan fingerprint density at radius 1 is 1.00 bits per heavy atom. The van der Waals surface area contributed by atoms with Crippen LogP contribution in [0.5, 0.6) is 0 Å². The van der Waals surface area contributed by atoms with Gasteiger partial charge in [-0.15, -0.1) is 0 Å². The van der Waals surface area contributed by atoms with Gasteiger partial charge in [0.05, 0.1) is 0 Å². The number of hydrogen-bond acceptors (Lipinski definition) is 2. The van der Waals surface area contributed by atoms with Crippen LogP contribution in [0.25, 0.3) is 0 Å². The predicted octanol–water partition coefficient (Wildman–Crippen LogP) is 1.62. The van der Waals surface area contributed by atoms with E-state index in [4.69, 9.17) is 10.2 Å². The first kappa shape index (κ1) is 17.7. The van der Waals surface area contributed by atoms with Crippen LogP contribution in [0.3, 0.4) is 0 Å². The van der Waals surface area contributed by atoms with Gasteiger partial charge in [-0.05, 0) is 12.8 Å². The van der Waals surface area contributed by atoms with Gasteiger partial charge in [0.25, 0.3) is 0 Å². The zero-order valence-corrected chi connectivity index (χ0v) is 9.44. The molecule has 0 bridgehead atoms. The van der Waals surface area contributed by atoms with Crippen LogP contribution in [0.15, 0.2) is 0 Å². The van der Waals surface area contributed by atoms with E-state index in [1.807, 2.05) is 13.8 Å². The van der Waals surface area contributed by atoms with E-state index in [2.05, 4.69) is 0 Å². The van der Waals surface area contributed by atoms with Crippen LogP contribution in [0, 0.1) is 0 Å². The van der Waals surface area contributed by atoms with Gasteiger partial charge in [-0.3, -0.25) is 0 Å². The molecule has 0 aromatic heterocycles. The Kier molecular flexibility index (Phi) is 49.9. The molecule has 0 spiro atoms. The SMILES string of the molecule is CCCO.CCCO.[F][Zr][F]. The van der Waals surface area contributed by atoms with Crippen molar-refractivity contribution in [3.05, 3.63) is 0 Å². The summed E-state index contributed by atoms with van der Waals surface area (Å²) < 4.78 is 19.6. The van der Waals surface area contributed by atoms with Crippen molar-refractivity contribution in [2.75, 3.05) is 13.2 Å². The van der Waals surface area contributed by atoms with Crippen LogP contribution in [-0.2, 0) is 24.5 Å². The molecule has 0 rings (SSSR count). The quantitative estimate of drug-likeness (QED) is 0.781. The van der Waals surface area contributed by atoms with Crippen molar-refractivity contribution < 1.29 is 39.9 Å². The molecule has 0 aliphatic heterocycles. The molecule has 0 aliphatic rings. The number of aliphatic hydroxyl groups excluding tert-OH is 2. The van der Waals surface area contributed by atoms with Gasteiger partial charge >= 0.3 is 29.7 Å². The molecule has 11 heavy (non-hydrogen) atoms. The average Bonchev–Trinajstić information content (AvgIpc) is 2.06. The van der Waals surface area contributed by atoms with Crippen LogP contribution in [-0.4, -0.2) is 23.4 Å². The Bertz CT molecular complexity index is 33.8. The maximum absolute atomic E-state index is 9.80. The van der Waals surface area contributed by atoms with Crippen molar-refractivity contribution >= 4 is 0 Å². The van der Waals surface area contributed by atoms with E-state index in [-0.39, 0.29) is 0 Å². The maximum atomic E-state index is 9.80. The average molecular weight is 249 g/mol. The van der Waals surface area contributed by atoms with E-state index < -0.39 is 24.5 Å². The van der Waals surface area contributed by atoms with E-state index >= 15 is 0 Å². The van der Waals surface area contributed by atoms with Crippen LogP contribution in [0.4, 0.5) is 5.25 Å². The summed E-state index contributed by atoms with van der Waals surface area (Å²) in [5.74, 6) is 0. The Hall–Kier alpha value is 0.663. The molecule has 0 radical (unpaired) electrons. The molecule has 0 amide bonds. The molecule has 2 N–H and O–H groups in total. The Balaban J connectivity index is -0.0000000886. The van der Waals surface area contributed by atoms with E-state index in [0.717, 1.165) is 12.8 Å². The van der Waals surface area contributed by atoms with Crippen molar-refractivity contribution in [1.82, 2.24) is 0 Å². The first-order valence-electron chi connectivity index (χ1n) is 3.42. The fourth-order valence-electron chi connectivity index (χ4n) is 0. The van der Waals surface area contributed by atoms with Crippen molar-refractivity contribution in [2.45, 2.75) is 26.7 Å². The second-order valence-electron chi connectivity index (χ2n) is 1.52. The molecular formula is C6H16F2O2Zr. The second kappa shape index (κ2) is 31.0. The summed E-state index contributed by atoms with van der Waals surface area (Å²) in [7, 11) is 0. The molecule has 0 aromatic carbocycles. The van der Waals surface area contributed by atoms with Gasteiger partial charge in [-0.1, -0.05) is 13.8 Å². The Labute approximate surface area is 80.0 Å². The van der Waals surface area contributed by atoms with Gasteiger partial charge in [0.2, 0.25) is 0 Å². The molecule has 5 heteroatoms. The van der Waals surface area contributed by atoms with Crippen LogP contribution in [0.1, 0.15) is 26.7 Å². The number of rotatable bonds is 2. The van der Waals surface area contributed by atoms with E-state index in [0.29, 0.717) is 13.2 Å². The van der Waals surface area contributed by atoms with Crippen LogP contribution >= 0.6 is 0 Å². The molecule has 0 aliphatic carbocycles. The molecule has 0 fully saturated rings. The van der Waals surface area contributed by atoms with E-state index in [9.17, 15) is 5.25 Å². The third kappa shape index (κ3) is 113. The normalized spacial score (nSPS) is 6.73. The topological polar surface area (TPSA) is 40.5 Å². The standard InChI is InChI=1S/2C3H8O.2FH.Zr/c2*1-2-3-4;;;/h2*4H,2-3H2,1H3;2*1H;/q;;;;+2/p-2. The van der Waals surface area contributed by atoms with Gasteiger partial charge in [0.15, 0.2) is 0 Å². The fourth-order valence-corrected chi connectivity index (χ4v) is 0. The van der Waals surface area contributed by atoms with Crippen molar-refractivity contribution in [3.63, 3.8) is 0 Å². The van der Waals surface area contributed by atoms with Crippen molar-refractivity contribution in [1.29, 1.82) is 0 Å². The van der Waals surface area contributed by atoms with Crippen LogP contribution in [0.2, 0.25) is 0 Å². The molecule has 0 unspecified atom stereocenters. The summed E-state index contributed by atoms with van der Waals surface area (Å²) in [6, 6.07) is 0. The molecule has 0 saturated heterocycles. The first-order chi connectivity index (χ1) is 5.24. The minimum atomic E-state index is -2.77. The monoisotopic (exact) mass is 248 g/mol. The fraction of sp³-hybridized carbons (Fsp3) is 1.00. The molecule has 0 atom stereocenters. The molecule has 0 saturated carbocycles. The molecular weight excluding hydrogens is 233 g/mol. The molecule has 0 heterocycles. The van der Waals surface area contributed by atoms with Gasteiger partial charge in [-0.2, -0.15) is 0 Å². The van der Waals surface area contributed by atoms with Crippen molar-refractivity contribution in [2.24, 2.45) is 0 Å². The Morgan fingerprint density at radius 3 is 1.09 bits per heavy atom. The predicted molar refractivity (Wildman–Crippen MR) is 37.0 cm³/mol. The summed E-state index contributed by atoms with van der Waals surface area (Å²) in [4.78, 5) is 0. The number of aliphatic hydroxyl groups is 2. The zero-order chi connectivity index (χ0) is 9.54. The van der Waals surface area contributed by atoms with Crippen LogP contribution < -0.4 is 0 Å². The minimum absolute atomic E-state index is 0.319. The Morgan fingerprint density at radius 2 is 1.09 bits per heavy atom. The summed E-state index contributed by atoms with van der Waals surface area (Å²) >= 11 is -2.77. The molecule has 2 nitrogen and oxygen atoms in total. The number of halogens is 2. The molecule has 0 aromatic rings. The number of hydrogen-bond donors (Lipinski definition) is 2. The third-order valence-corrected chi connectivity index (χ3v) is 0.447. The molecule has 70 valence electrons.